The molecule has 1 atom stereocenters. The third-order valence-corrected chi connectivity index (χ3v) is 4.04. The molecule has 0 saturated heterocycles. The molecule has 1 N–H and O–H groups in total. The Kier molecular flexibility index (Phi) is 5.69. The van der Waals surface area contributed by atoms with Gasteiger partial charge in [-0.15, -0.1) is 0 Å². The third-order valence-electron chi connectivity index (χ3n) is 3.15. The molecule has 5 nitrogen and oxygen atoms in total. The van der Waals surface area contributed by atoms with Crippen molar-refractivity contribution < 1.29 is 9.63 Å². The van der Waals surface area contributed by atoms with E-state index < -0.39 is 0 Å². The van der Waals surface area contributed by atoms with Gasteiger partial charge in [-0.1, -0.05) is 34.8 Å². The van der Waals surface area contributed by atoms with Crippen molar-refractivity contribution in [2.45, 2.75) is 19.4 Å². The Balaban J connectivity index is 2.20. The zero-order valence-electron chi connectivity index (χ0n) is 11.9. The number of amides is 1. The highest BCUT2D eigenvalue weighted by molar-refractivity contribution is 6.39. The topological polar surface area (TPSA) is 58.2 Å². The number of hydroxylamine groups is 2. The highest BCUT2D eigenvalue weighted by Gasteiger charge is 2.24. The van der Waals surface area contributed by atoms with Crippen molar-refractivity contribution in [2.24, 2.45) is 0 Å². The Hall–Kier alpha value is -1.27. The fraction of sp³-hybridized carbons (Fsp3) is 0.286. The number of halogens is 3. The Morgan fingerprint density at radius 1 is 1.36 bits per heavy atom. The Morgan fingerprint density at radius 3 is 2.50 bits per heavy atom. The maximum Gasteiger partial charge on any atom is 0.280 e. The molecule has 22 heavy (non-hydrogen) atoms. The van der Waals surface area contributed by atoms with Crippen LogP contribution in [0.25, 0.3) is 0 Å². The lowest BCUT2D eigenvalue weighted by atomic mass is 10.1. The summed E-state index contributed by atoms with van der Waals surface area (Å²) in [6.45, 7) is 1.84. The minimum atomic E-state index is -0.301. The number of benzene rings is 1. The molecule has 2 rings (SSSR count). The predicted molar refractivity (Wildman–Crippen MR) is 86.4 cm³/mol. The molecule has 1 aromatic heterocycles. The lowest BCUT2D eigenvalue weighted by Crippen LogP contribution is -2.39. The van der Waals surface area contributed by atoms with Gasteiger partial charge in [-0.05, 0) is 31.0 Å². The molecule has 0 spiro atoms. The largest absolute Gasteiger partial charge is 0.285 e. The van der Waals surface area contributed by atoms with Gasteiger partial charge in [0.1, 0.15) is 0 Å². The van der Waals surface area contributed by atoms with E-state index in [4.69, 9.17) is 39.6 Å². The van der Waals surface area contributed by atoms with Crippen LogP contribution in [-0.2, 0) is 11.3 Å². The predicted octanol–water partition coefficient (Wildman–Crippen LogP) is 4.00. The summed E-state index contributed by atoms with van der Waals surface area (Å²) in [5, 5.41) is 8.98. The molecular weight excluding hydrogens is 349 g/mol. The number of aromatic nitrogens is 2. The van der Waals surface area contributed by atoms with Crippen LogP contribution >= 0.6 is 34.8 Å². The van der Waals surface area contributed by atoms with E-state index in [1.54, 1.807) is 12.1 Å². The van der Waals surface area contributed by atoms with Gasteiger partial charge in [-0.3, -0.25) is 14.7 Å². The molecule has 0 bridgehead atoms. The summed E-state index contributed by atoms with van der Waals surface area (Å²) in [6, 6.07) is 2.95. The van der Waals surface area contributed by atoms with E-state index in [2.05, 4.69) is 10.2 Å². The lowest BCUT2D eigenvalue weighted by Gasteiger charge is -2.26. The van der Waals surface area contributed by atoms with Crippen LogP contribution in [0.15, 0.2) is 24.5 Å². The fourth-order valence-electron chi connectivity index (χ4n) is 2.10. The highest BCUT2D eigenvalue weighted by Crippen LogP contribution is 2.30. The highest BCUT2D eigenvalue weighted by atomic mass is 35.5. The standard InChI is InChI=1S/C14H14Cl3N3O2/c1-8(3-11-12(16)4-10(15)5-13(11)17)20(22-2)14(21)9-6-18-19-7-9/h4-8H,3H2,1-2H3,(H,18,19). The number of rotatable bonds is 5. The van der Waals surface area contributed by atoms with Gasteiger partial charge in [0.05, 0.1) is 24.9 Å². The average molecular weight is 363 g/mol. The molecule has 118 valence electrons. The van der Waals surface area contributed by atoms with Crippen molar-refractivity contribution in [3.63, 3.8) is 0 Å². The van der Waals surface area contributed by atoms with Crippen LogP contribution in [0.5, 0.6) is 0 Å². The van der Waals surface area contributed by atoms with Crippen molar-refractivity contribution in [2.75, 3.05) is 7.11 Å². The van der Waals surface area contributed by atoms with Crippen molar-refractivity contribution >= 4 is 40.7 Å². The molecule has 0 radical (unpaired) electrons. The molecule has 1 aromatic carbocycles. The fourth-order valence-corrected chi connectivity index (χ4v) is 3.07. The number of hydrogen-bond acceptors (Lipinski definition) is 3. The first-order chi connectivity index (χ1) is 10.4. The molecule has 1 amide bonds. The zero-order chi connectivity index (χ0) is 16.3. The summed E-state index contributed by atoms with van der Waals surface area (Å²) in [5.74, 6) is -0.301. The normalized spacial score (nSPS) is 12.2. The summed E-state index contributed by atoms with van der Waals surface area (Å²) in [5.41, 5.74) is 1.12. The Bertz CT molecular complexity index is 638. The monoisotopic (exact) mass is 361 g/mol. The van der Waals surface area contributed by atoms with Crippen molar-refractivity contribution in [1.29, 1.82) is 0 Å². The summed E-state index contributed by atoms with van der Waals surface area (Å²) in [6.07, 6.45) is 3.36. The summed E-state index contributed by atoms with van der Waals surface area (Å²) >= 11 is 18.3. The van der Waals surface area contributed by atoms with Crippen LogP contribution in [0.4, 0.5) is 0 Å². The first-order valence-electron chi connectivity index (χ1n) is 6.44. The SMILES string of the molecule is CON(C(=O)c1cn[nH]c1)C(C)Cc1c(Cl)cc(Cl)cc1Cl. The first-order valence-corrected chi connectivity index (χ1v) is 7.57. The number of nitrogens with zero attached hydrogens (tertiary/aromatic N) is 2. The molecule has 0 aliphatic rings. The van der Waals surface area contributed by atoms with Crippen LogP contribution in [0, 0.1) is 0 Å². The van der Waals surface area contributed by atoms with Crippen LogP contribution < -0.4 is 0 Å². The zero-order valence-corrected chi connectivity index (χ0v) is 14.2. The Labute approximate surface area is 143 Å². The number of carbonyl (C=O) groups is 1. The van der Waals surface area contributed by atoms with Crippen molar-refractivity contribution in [3.05, 3.63) is 50.7 Å². The molecule has 0 saturated carbocycles. The van der Waals surface area contributed by atoms with E-state index in [1.165, 1.54) is 24.6 Å². The minimum Gasteiger partial charge on any atom is -0.285 e. The van der Waals surface area contributed by atoms with E-state index in [9.17, 15) is 4.79 Å². The van der Waals surface area contributed by atoms with Gasteiger partial charge in [-0.25, -0.2) is 5.06 Å². The molecule has 1 heterocycles. The van der Waals surface area contributed by atoms with Crippen LogP contribution in [0.2, 0.25) is 15.1 Å². The van der Waals surface area contributed by atoms with Crippen LogP contribution in [0.3, 0.4) is 0 Å². The second kappa shape index (κ2) is 7.33. The van der Waals surface area contributed by atoms with Gasteiger partial charge in [0, 0.05) is 21.3 Å². The van der Waals surface area contributed by atoms with Gasteiger partial charge in [0.25, 0.3) is 5.91 Å². The molecule has 1 unspecified atom stereocenters. The average Bonchev–Trinajstić information content (AvgIpc) is 2.97. The van der Waals surface area contributed by atoms with Crippen LogP contribution in [-0.4, -0.2) is 34.3 Å². The van der Waals surface area contributed by atoms with E-state index in [-0.39, 0.29) is 11.9 Å². The van der Waals surface area contributed by atoms with E-state index in [1.807, 2.05) is 6.92 Å². The van der Waals surface area contributed by atoms with Gasteiger partial charge >= 0.3 is 0 Å². The van der Waals surface area contributed by atoms with Gasteiger partial charge < -0.3 is 0 Å². The lowest BCUT2D eigenvalue weighted by molar-refractivity contribution is -0.119. The second-order valence-electron chi connectivity index (χ2n) is 4.70. The van der Waals surface area contributed by atoms with E-state index >= 15 is 0 Å². The first kappa shape index (κ1) is 17.1. The molecule has 0 fully saturated rings. The number of hydrogen-bond donors (Lipinski definition) is 1. The number of aromatic amines is 1. The molecule has 8 heteroatoms. The number of nitrogens with one attached hydrogen (secondary N) is 1. The Morgan fingerprint density at radius 2 is 2.00 bits per heavy atom. The van der Waals surface area contributed by atoms with E-state index in [0.29, 0.717) is 32.6 Å². The van der Waals surface area contributed by atoms with Gasteiger partial charge in [-0.2, -0.15) is 5.10 Å². The number of carbonyl (C=O) groups excluding carboxylic acids is 1. The quantitative estimate of drug-likeness (QED) is 0.818. The van der Waals surface area contributed by atoms with Crippen LogP contribution in [0.1, 0.15) is 22.8 Å². The van der Waals surface area contributed by atoms with Crippen molar-refractivity contribution in [3.8, 4) is 0 Å². The molecule has 0 aliphatic heterocycles. The third kappa shape index (κ3) is 3.73. The maximum absolute atomic E-state index is 12.3. The maximum atomic E-state index is 12.3. The smallest absolute Gasteiger partial charge is 0.280 e. The summed E-state index contributed by atoms with van der Waals surface area (Å²) < 4.78 is 0. The van der Waals surface area contributed by atoms with Gasteiger partial charge in [0.2, 0.25) is 0 Å². The van der Waals surface area contributed by atoms with Gasteiger partial charge in [0.15, 0.2) is 0 Å². The molecular formula is C14H14Cl3N3O2. The second-order valence-corrected chi connectivity index (χ2v) is 5.95. The minimum absolute atomic E-state index is 0.288. The van der Waals surface area contributed by atoms with Crippen molar-refractivity contribution in [1.82, 2.24) is 15.3 Å². The molecule has 0 aliphatic carbocycles. The molecule has 2 aromatic rings. The number of H-pyrrole nitrogens is 1. The van der Waals surface area contributed by atoms with E-state index in [0.717, 1.165) is 0 Å². The summed E-state index contributed by atoms with van der Waals surface area (Å²) in [7, 11) is 1.43. The summed E-state index contributed by atoms with van der Waals surface area (Å²) in [4.78, 5) is 17.5.